The molecule has 1 aliphatic heterocycles. The Morgan fingerprint density at radius 1 is 1.04 bits per heavy atom. The van der Waals surface area contributed by atoms with Crippen molar-refractivity contribution >= 4 is 5.91 Å². The van der Waals surface area contributed by atoms with Crippen molar-refractivity contribution in [1.82, 2.24) is 20.0 Å². The summed E-state index contributed by atoms with van der Waals surface area (Å²) in [7, 11) is 0. The van der Waals surface area contributed by atoms with Crippen molar-refractivity contribution in [3.8, 4) is 0 Å². The van der Waals surface area contributed by atoms with E-state index in [1.54, 1.807) is 0 Å². The van der Waals surface area contributed by atoms with Crippen molar-refractivity contribution in [3.05, 3.63) is 11.8 Å². The van der Waals surface area contributed by atoms with E-state index >= 15 is 0 Å². The number of hydrogen-bond acceptors (Lipinski definition) is 5. The molecule has 6 heteroatoms. The van der Waals surface area contributed by atoms with E-state index in [0.717, 1.165) is 43.9 Å². The molecule has 1 aromatic rings. The number of nitrogens with zero attached hydrogens (tertiary/aromatic N) is 4. The number of amides is 1. The third kappa shape index (κ3) is 2.78. The summed E-state index contributed by atoms with van der Waals surface area (Å²) in [6.07, 6.45) is 7.68. The number of hydrogen-bond donors (Lipinski definition) is 0. The fourth-order valence-corrected chi connectivity index (χ4v) is 6.41. The summed E-state index contributed by atoms with van der Waals surface area (Å²) in [5, 5.41) is 7.98. The van der Waals surface area contributed by atoms with Crippen LogP contribution in [-0.2, 0) is 11.3 Å². The largest absolute Gasteiger partial charge is 0.424 e. The van der Waals surface area contributed by atoms with E-state index in [1.165, 1.54) is 38.5 Å². The molecule has 6 nitrogen and oxygen atoms in total. The number of piperazine rings is 1. The van der Waals surface area contributed by atoms with Gasteiger partial charge < -0.3 is 9.32 Å². The monoisotopic (exact) mass is 344 g/mol. The topological polar surface area (TPSA) is 62.5 Å². The summed E-state index contributed by atoms with van der Waals surface area (Å²) in [6, 6.07) is 0. The Morgan fingerprint density at radius 3 is 2.16 bits per heavy atom. The lowest BCUT2D eigenvalue weighted by Crippen LogP contribution is -2.58. The van der Waals surface area contributed by atoms with Crippen LogP contribution in [0.1, 0.15) is 50.3 Å². The lowest BCUT2D eigenvalue weighted by molar-refractivity contribution is -0.159. The molecule has 25 heavy (non-hydrogen) atoms. The van der Waals surface area contributed by atoms with Crippen molar-refractivity contribution in [2.75, 3.05) is 26.2 Å². The SMILES string of the molecule is Cc1nnc(CN2CCN(C(=O)C34CC5CC(CC(C5)C3)C4)CC2)o1. The van der Waals surface area contributed by atoms with Gasteiger partial charge in [-0.3, -0.25) is 9.69 Å². The first kappa shape index (κ1) is 15.8. The van der Waals surface area contributed by atoms with Gasteiger partial charge in [0.25, 0.3) is 0 Å². The Balaban J connectivity index is 1.21. The Bertz CT molecular complexity index is 627. The van der Waals surface area contributed by atoms with Gasteiger partial charge in [-0.25, -0.2) is 0 Å². The van der Waals surface area contributed by atoms with E-state index < -0.39 is 0 Å². The maximum Gasteiger partial charge on any atom is 0.230 e. The smallest absolute Gasteiger partial charge is 0.230 e. The molecule has 4 bridgehead atoms. The van der Waals surface area contributed by atoms with E-state index in [-0.39, 0.29) is 5.41 Å². The normalized spacial score (nSPS) is 37.6. The summed E-state index contributed by atoms with van der Waals surface area (Å²) >= 11 is 0. The molecule has 1 saturated heterocycles. The van der Waals surface area contributed by atoms with Crippen LogP contribution in [0, 0.1) is 30.1 Å². The Morgan fingerprint density at radius 2 is 1.64 bits per heavy atom. The van der Waals surface area contributed by atoms with Gasteiger partial charge >= 0.3 is 0 Å². The van der Waals surface area contributed by atoms with Gasteiger partial charge in [0.2, 0.25) is 17.7 Å². The zero-order chi connectivity index (χ0) is 17.0. The zero-order valence-electron chi connectivity index (χ0n) is 15.1. The highest BCUT2D eigenvalue weighted by molar-refractivity contribution is 5.83. The van der Waals surface area contributed by atoms with Crippen LogP contribution < -0.4 is 0 Å². The Labute approximate surface area is 148 Å². The van der Waals surface area contributed by atoms with Gasteiger partial charge in [-0.05, 0) is 56.3 Å². The van der Waals surface area contributed by atoms with E-state index in [9.17, 15) is 4.79 Å². The fraction of sp³-hybridized carbons (Fsp3) is 0.842. The summed E-state index contributed by atoms with van der Waals surface area (Å²) in [4.78, 5) is 17.9. The molecule has 4 saturated carbocycles. The van der Waals surface area contributed by atoms with Crippen LogP contribution >= 0.6 is 0 Å². The number of aryl methyl sites for hydroxylation is 1. The minimum absolute atomic E-state index is 0.000515. The summed E-state index contributed by atoms with van der Waals surface area (Å²) in [5.74, 6) is 4.26. The van der Waals surface area contributed by atoms with Gasteiger partial charge in [-0.1, -0.05) is 0 Å². The van der Waals surface area contributed by atoms with Gasteiger partial charge in [0.05, 0.1) is 12.0 Å². The summed E-state index contributed by atoms with van der Waals surface area (Å²) in [6.45, 7) is 6.00. The second kappa shape index (κ2) is 5.79. The molecule has 5 aliphatic rings. The van der Waals surface area contributed by atoms with E-state index in [1.807, 2.05) is 6.92 Å². The summed E-state index contributed by atoms with van der Waals surface area (Å²) in [5.41, 5.74) is 0.000515. The van der Waals surface area contributed by atoms with Gasteiger partial charge in [0.15, 0.2) is 0 Å². The number of aromatic nitrogens is 2. The zero-order valence-corrected chi connectivity index (χ0v) is 15.1. The maximum atomic E-state index is 13.4. The Hall–Kier alpha value is -1.43. The predicted octanol–water partition coefficient (Wildman–Crippen LogP) is 2.24. The lowest BCUT2D eigenvalue weighted by atomic mass is 9.49. The van der Waals surface area contributed by atoms with Crippen LogP contribution in [0.2, 0.25) is 0 Å². The van der Waals surface area contributed by atoms with Crippen LogP contribution in [0.3, 0.4) is 0 Å². The highest BCUT2D eigenvalue weighted by Gasteiger charge is 2.55. The van der Waals surface area contributed by atoms with Crippen molar-refractivity contribution in [2.45, 2.75) is 52.0 Å². The predicted molar refractivity (Wildman–Crippen MR) is 91.5 cm³/mol. The second-order valence-corrected chi connectivity index (χ2v) is 8.98. The van der Waals surface area contributed by atoms with Crippen molar-refractivity contribution in [1.29, 1.82) is 0 Å². The van der Waals surface area contributed by atoms with E-state index in [4.69, 9.17) is 4.42 Å². The maximum absolute atomic E-state index is 13.4. The molecule has 5 fully saturated rings. The number of carbonyl (C=O) groups excluding carboxylic acids is 1. The summed E-state index contributed by atoms with van der Waals surface area (Å²) < 4.78 is 5.48. The van der Waals surface area contributed by atoms with Gasteiger partial charge in [-0.2, -0.15) is 0 Å². The third-order valence-corrected chi connectivity index (χ3v) is 7.08. The van der Waals surface area contributed by atoms with Crippen LogP contribution in [0.4, 0.5) is 0 Å². The average Bonchev–Trinajstić information content (AvgIpc) is 2.98. The minimum atomic E-state index is 0.000515. The molecular formula is C19H28N4O2. The number of rotatable bonds is 3. The lowest BCUT2D eigenvalue weighted by Gasteiger charge is -2.57. The van der Waals surface area contributed by atoms with E-state index in [2.05, 4.69) is 20.0 Å². The highest BCUT2D eigenvalue weighted by atomic mass is 16.4. The molecule has 2 heterocycles. The van der Waals surface area contributed by atoms with E-state index in [0.29, 0.717) is 24.2 Å². The molecule has 136 valence electrons. The molecule has 6 rings (SSSR count). The minimum Gasteiger partial charge on any atom is -0.424 e. The molecule has 1 amide bonds. The third-order valence-electron chi connectivity index (χ3n) is 7.08. The molecule has 0 unspecified atom stereocenters. The first-order valence-electron chi connectivity index (χ1n) is 9.90. The number of carbonyl (C=O) groups is 1. The molecule has 4 aliphatic carbocycles. The van der Waals surface area contributed by atoms with Crippen LogP contribution in [0.5, 0.6) is 0 Å². The first-order valence-corrected chi connectivity index (χ1v) is 9.90. The molecule has 0 atom stereocenters. The van der Waals surface area contributed by atoms with Crippen LogP contribution in [-0.4, -0.2) is 52.1 Å². The van der Waals surface area contributed by atoms with Crippen LogP contribution in [0.15, 0.2) is 4.42 Å². The molecule has 1 aromatic heterocycles. The van der Waals surface area contributed by atoms with Gasteiger partial charge in [0, 0.05) is 33.1 Å². The van der Waals surface area contributed by atoms with Gasteiger partial charge in [0.1, 0.15) is 0 Å². The first-order chi connectivity index (χ1) is 12.1. The highest BCUT2D eigenvalue weighted by Crippen LogP contribution is 2.60. The molecular weight excluding hydrogens is 316 g/mol. The quantitative estimate of drug-likeness (QED) is 0.841. The van der Waals surface area contributed by atoms with Crippen molar-refractivity contribution in [3.63, 3.8) is 0 Å². The molecule has 0 N–H and O–H groups in total. The molecule has 0 radical (unpaired) electrons. The second-order valence-electron chi connectivity index (χ2n) is 8.98. The van der Waals surface area contributed by atoms with Crippen molar-refractivity contribution < 1.29 is 9.21 Å². The average molecular weight is 344 g/mol. The van der Waals surface area contributed by atoms with Crippen molar-refractivity contribution in [2.24, 2.45) is 23.2 Å². The molecule has 0 spiro atoms. The molecule has 0 aromatic carbocycles. The fourth-order valence-electron chi connectivity index (χ4n) is 6.41. The van der Waals surface area contributed by atoms with Gasteiger partial charge in [-0.15, -0.1) is 10.2 Å². The Kier molecular flexibility index (Phi) is 3.66. The standard InChI is InChI=1S/C19H28N4O2/c1-13-20-21-17(25-13)12-22-2-4-23(5-3-22)18(24)19-9-14-6-15(10-19)8-16(7-14)11-19/h14-16H,2-12H2,1H3. The van der Waals surface area contributed by atoms with Crippen LogP contribution in [0.25, 0.3) is 0 Å².